The van der Waals surface area contributed by atoms with Crippen molar-refractivity contribution in [2.24, 2.45) is 0 Å². The highest BCUT2D eigenvalue weighted by molar-refractivity contribution is 9.10. The van der Waals surface area contributed by atoms with Crippen LogP contribution in [-0.2, 0) is 19.5 Å². The first kappa shape index (κ1) is 24.8. The Balaban J connectivity index is 2.01. The lowest BCUT2D eigenvalue weighted by Gasteiger charge is -2.27. The molecule has 0 aliphatic carbocycles. The summed E-state index contributed by atoms with van der Waals surface area (Å²) in [6.45, 7) is 0.356. The van der Waals surface area contributed by atoms with Crippen molar-refractivity contribution in [3.63, 3.8) is 0 Å². The first-order valence-electron chi connectivity index (χ1n) is 9.85. The van der Waals surface area contributed by atoms with E-state index in [1.807, 2.05) is 0 Å². The van der Waals surface area contributed by atoms with Crippen molar-refractivity contribution in [1.29, 1.82) is 0 Å². The molecule has 9 heteroatoms. The molecule has 0 unspecified atom stereocenters. The van der Waals surface area contributed by atoms with Gasteiger partial charge in [-0.25, -0.2) is 8.78 Å². The van der Waals surface area contributed by atoms with E-state index in [0.29, 0.717) is 11.5 Å². The molecule has 0 spiro atoms. The molecule has 0 saturated carbocycles. The Hall–Kier alpha value is -2.81. The summed E-state index contributed by atoms with van der Waals surface area (Å²) in [4.78, 5) is 1.56. The maximum atomic E-state index is 15.1. The van der Waals surface area contributed by atoms with Crippen LogP contribution in [0.1, 0.15) is 16.7 Å². The zero-order chi connectivity index (χ0) is 24.2. The van der Waals surface area contributed by atoms with Crippen LogP contribution >= 0.6 is 15.9 Å². The second kappa shape index (κ2) is 10.4. The van der Waals surface area contributed by atoms with Gasteiger partial charge in [-0.15, -0.1) is 0 Å². The molecule has 0 aromatic heterocycles. The van der Waals surface area contributed by atoms with E-state index in [-0.39, 0.29) is 23.2 Å². The van der Waals surface area contributed by atoms with Crippen LogP contribution in [0.2, 0.25) is 0 Å². The fraction of sp³-hybridized carbons (Fsp3) is 0.250. The topological polar surface area (TPSA) is 21.7 Å². The second-order valence-electron chi connectivity index (χ2n) is 7.33. The van der Waals surface area contributed by atoms with E-state index in [9.17, 15) is 17.6 Å². The quantitative estimate of drug-likeness (QED) is 0.230. The third kappa shape index (κ3) is 6.37. The van der Waals surface area contributed by atoms with Crippen LogP contribution in [0.3, 0.4) is 0 Å². The highest BCUT2D eigenvalue weighted by Gasteiger charge is 2.32. The smallest absolute Gasteiger partial charge is 0.393 e. The molecule has 0 saturated heterocycles. The SMILES string of the molecule is COc1ccc(CN(Cc2ccc(OC)cc2)c2cc(Br)c(CC(F)(F)F)c(F)c2F)cc1. The molecule has 3 nitrogen and oxygen atoms in total. The van der Waals surface area contributed by atoms with Gasteiger partial charge in [0.25, 0.3) is 0 Å². The maximum absolute atomic E-state index is 15.1. The average Bonchev–Trinajstić information content (AvgIpc) is 2.79. The standard InChI is InChI=1S/C24H21BrF5NO2/c1-32-17-7-3-15(4-8-17)13-31(14-16-5-9-18(33-2)10-6-16)21-11-20(25)19(12-24(28,29)30)22(26)23(21)27/h3-11H,12-14H2,1-2H3. The summed E-state index contributed by atoms with van der Waals surface area (Å²) in [5.74, 6) is -1.58. The Bertz CT molecular complexity index is 1040. The number of alkyl halides is 3. The Labute approximate surface area is 196 Å². The van der Waals surface area contributed by atoms with Crippen molar-refractivity contribution < 1.29 is 31.4 Å². The van der Waals surface area contributed by atoms with Gasteiger partial charge in [0.1, 0.15) is 11.5 Å². The molecule has 3 aromatic carbocycles. The zero-order valence-corrected chi connectivity index (χ0v) is 19.4. The number of anilines is 1. The van der Waals surface area contributed by atoms with E-state index in [2.05, 4.69) is 15.9 Å². The van der Waals surface area contributed by atoms with Gasteiger partial charge in [-0.3, -0.25) is 0 Å². The van der Waals surface area contributed by atoms with Gasteiger partial charge < -0.3 is 14.4 Å². The second-order valence-corrected chi connectivity index (χ2v) is 8.18. The molecule has 33 heavy (non-hydrogen) atoms. The third-order valence-electron chi connectivity index (χ3n) is 5.02. The number of hydrogen-bond acceptors (Lipinski definition) is 3. The normalized spacial score (nSPS) is 11.4. The van der Waals surface area contributed by atoms with E-state index in [1.165, 1.54) is 20.3 Å². The molecule has 0 bridgehead atoms. The lowest BCUT2D eigenvalue weighted by molar-refractivity contribution is -0.127. The van der Waals surface area contributed by atoms with Crippen LogP contribution in [0.25, 0.3) is 0 Å². The van der Waals surface area contributed by atoms with E-state index < -0.39 is 29.8 Å². The molecule has 0 radical (unpaired) electrons. The summed E-state index contributed by atoms with van der Waals surface area (Å²) >= 11 is 3.00. The summed E-state index contributed by atoms with van der Waals surface area (Å²) in [5.41, 5.74) is 0.633. The first-order valence-corrected chi connectivity index (χ1v) is 10.6. The number of rotatable bonds is 8. The predicted molar refractivity (Wildman–Crippen MR) is 120 cm³/mol. The van der Waals surface area contributed by atoms with Gasteiger partial charge in [-0.05, 0) is 41.5 Å². The first-order chi connectivity index (χ1) is 15.6. The number of ether oxygens (including phenoxy) is 2. The average molecular weight is 530 g/mol. The summed E-state index contributed by atoms with van der Waals surface area (Å²) in [5, 5.41) is 0. The number of halogens is 6. The van der Waals surface area contributed by atoms with Crippen molar-refractivity contribution in [1.82, 2.24) is 0 Å². The molecule has 3 rings (SSSR count). The molecule has 176 valence electrons. The Morgan fingerprint density at radius 2 is 1.24 bits per heavy atom. The van der Waals surface area contributed by atoms with Crippen LogP contribution in [0.5, 0.6) is 11.5 Å². The Morgan fingerprint density at radius 1 is 0.788 bits per heavy atom. The van der Waals surface area contributed by atoms with Crippen LogP contribution in [0, 0.1) is 11.6 Å². The van der Waals surface area contributed by atoms with Gasteiger partial charge in [0.2, 0.25) is 0 Å². The lowest BCUT2D eigenvalue weighted by atomic mass is 10.1. The van der Waals surface area contributed by atoms with Gasteiger partial charge >= 0.3 is 6.18 Å². The molecular formula is C24H21BrF5NO2. The highest BCUT2D eigenvalue weighted by Crippen LogP contribution is 2.36. The molecule has 0 heterocycles. The molecule has 0 aliphatic heterocycles. The minimum absolute atomic E-state index is 0.150. The summed E-state index contributed by atoms with van der Waals surface area (Å²) in [7, 11) is 3.06. The van der Waals surface area contributed by atoms with E-state index >= 15 is 4.39 Å². The minimum Gasteiger partial charge on any atom is -0.497 e. The highest BCUT2D eigenvalue weighted by atomic mass is 79.9. The summed E-state index contributed by atoms with van der Waals surface area (Å²) in [6, 6.07) is 15.2. The molecule has 0 N–H and O–H groups in total. The molecule has 0 atom stereocenters. The van der Waals surface area contributed by atoms with E-state index in [4.69, 9.17) is 9.47 Å². The van der Waals surface area contributed by atoms with E-state index in [1.54, 1.807) is 53.4 Å². The molecule has 0 amide bonds. The fourth-order valence-electron chi connectivity index (χ4n) is 3.34. The molecule has 0 aliphatic rings. The molecular weight excluding hydrogens is 509 g/mol. The third-order valence-corrected chi connectivity index (χ3v) is 5.72. The van der Waals surface area contributed by atoms with Crippen molar-refractivity contribution in [3.05, 3.63) is 87.4 Å². The van der Waals surface area contributed by atoms with Crippen molar-refractivity contribution in [2.45, 2.75) is 25.7 Å². The number of hydrogen-bond donors (Lipinski definition) is 0. The number of methoxy groups -OCH3 is 2. The van der Waals surface area contributed by atoms with Gasteiger partial charge in [-0.1, -0.05) is 40.2 Å². The number of benzene rings is 3. The van der Waals surface area contributed by atoms with Gasteiger partial charge in [0.05, 0.1) is 26.3 Å². The monoisotopic (exact) mass is 529 g/mol. The van der Waals surface area contributed by atoms with Gasteiger partial charge in [0.15, 0.2) is 11.6 Å². The van der Waals surface area contributed by atoms with Crippen LogP contribution in [0.4, 0.5) is 27.6 Å². The van der Waals surface area contributed by atoms with Crippen molar-refractivity contribution in [3.8, 4) is 11.5 Å². The summed E-state index contributed by atoms with van der Waals surface area (Å²) < 4.78 is 78.5. The number of nitrogens with zero attached hydrogens (tertiary/aromatic N) is 1. The van der Waals surface area contributed by atoms with Gasteiger partial charge in [-0.2, -0.15) is 13.2 Å². The fourth-order valence-corrected chi connectivity index (χ4v) is 3.87. The van der Waals surface area contributed by atoms with Crippen LogP contribution in [-0.4, -0.2) is 20.4 Å². The van der Waals surface area contributed by atoms with Crippen LogP contribution < -0.4 is 14.4 Å². The zero-order valence-electron chi connectivity index (χ0n) is 17.8. The summed E-state index contributed by atoms with van der Waals surface area (Å²) in [6.07, 6.45) is -6.25. The maximum Gasteiger partial charge on any atom is 0.393 e. The van der Waals surface area contributed by atoms with Crippen molar-refractivity contribution in [2.75, 3.05) is 19.1 Å². The predicted octanol–water partition coefficient (Wildman–Crippen LogP) is 7.06. The van der Waals surface area contributed by atoms with Crippen molar-refractivity contribution >= 4 is 21.6 Å². The molecule has 0 fully saturated rings. The largest absolute Gasteiger partial charge is 0.497 e. The van der Waals surface area contributed by atoms with Crippen LogP contribution in [0.15, 0.2) is 59.1 Å². The van der Waals surface area contributed by atoms with Gasteiger partial charge in [0, 0.05) is 23.1 Å². The Morgan fingerprint density at radius 3 is 1.64 bits per heavy atom. The molecule has 3 aromatic rings. The Kier molecular flexibility index (Phi) is 7.84. The van der Waals surface area contributed by atoms with E-state index in [0.717, 1.165) is 11.1 Å². The minimum atomic E-state index is -4.68. The lowest BCUT2D eigenvalue weighted by Crippen LogP contribution is -2.24.